The second-order valence-corrected chi connectivity index (χ2v) is 6.22. The third kappa shape index (κ3) is 2.91. The predicted molar refractivity (Wildman–Crippen MR) is 103 cm³/mol. The molecular weight excluding hydrogens is 350 g/mol. The zero-order chi connectivity index (χ0) is 18.1. The van der Waals surface area contributed by atoms with E-state index in [9.17, 15) is 9.90 Å². The number of carbonyl (C=O) groups is 1. The van der Waals surface area contributed by atoms with Crippen LogP contribution < -0.4 is 5.32 Å². The zero-order valence-electron chi connectivity index (χ0n) is 13.6. The number of nitrogens with one attached hydrogen (secondary N) is 1. The summed E-state index contributed by atoms with van der Waals surface area (Å²) >= 11 is 5.97. The molecule has 2 N–H and O–H groups in total. The van der Waals surface area contributed by atoms with Gasteiger partial charge in [-0.3, -0.25) is 4.79 Å². The molecule has 1 heterocycles. The van der Waals surface area contributed by atoms with Crippen molar-refractivity contribution in [1.29, 1.82) is 0 Å². The largest absolute Gasteiger partial charge is 0.507 e. The van der Waals surface area contributed by atoms with Gasteiger partial charge in [0.1, 0.15) is 11.3 Å². The molecule has 4 nitrogen and oxygen atoms in total. The van der Waals surface area contributed by atoms with Gasteiger partial charge in [0.25, 0.3) is 5.91 Å². The summed E-state index contributed by atoms with van der Waals surface area (Å²) in [5, 5.41) is 14.2. The van der Waals surface area contributed by atoms with E-state index >= 15 is 0 Å². The van der Waals surface area contributed by atoms with E-state index in [0.717, 1.165) is 5.56 Å². The van der Waals surface area contributed by atoms with Crippen LogP contribution in [0.25, 0.3) is 22.3 Å². The number of halogens is 1. The molecule has 0 aliphatic rings. The van der Waals surface area contributed by atoms with Crippen LogP contribution in [0.5, 0.6) is 5.75 Å². The number of benzene rings is 3. The van der Waals surface area contributed by atoms with E-state index in [4.69, 9.17) is 16.0 Å². The first kappa shape index (κ1) is 16.2. The molecule has 0 atom stereocenters. The lowest BCUT2D eigenvalue weighted by molar-refractivity contribution is 0.102. The van der Waals surface area contributed by atoms with Crippen molar-refractivity contribution < 1.29 is 14.3 Å². The molecule has 4 rings (SSSR count). The minimum Gasteiger partial charge on any atom is -0.507 e. The molecule has 0 bridgehead atoms. The Morgan fingerprint density at radius 2 is 1.65 bits per heavy atom. The fourth-order valence-corrected chi connectivity index (χ4v) is 2.96. The molecule has 0 saturated carbocycles. The molecule has 0 fully saturated rings. The Morgan fingerprint density at radius 3 is 2.38 bits per heavy atom. The van der Waals surface area contributed by atoms with Crippen LogP contribution in [0.2, 0.25) is 5.02 Å². The summed E-state index contributed by atoms with van der Waals surface area (Å²) in [6, 6.07) is 20.9. The van der Waals surface area contributed by atoms with Gasteiger partial charge in [0.05, 0.1) is 11.1 Å². The highest BCUT2D eigenvalue weighted by Crippen LogP contribution is 2.42. The smallest absolute Gasteiger partial charge is 0.255 e. The van der Waals surface area contributed by atoms with Crippen molar-refractivity contribution >= 4 is 34.2 Å². The molecule has 128 valence electrons. The Kier molecular flexibility index (Phi) is 4.11. The Balaban J connectivity index is 1.87. The number of furan rings is 1. The molecule has 0 saturated heterocycles. The van der Waals surface area contributed by atoms with Crippen LogP contribution >= 0.6 is 11.6 Å². The molecule has 5 heteroatoms. The monoisotopic (exact) mass is 363 g/mol. The lowest BCUT2D eigenvalue weighted by Crippen LogP contribution is -2.11. The van der Waals surface area contributed by atoms with Gasteiger partial charge >= 0.3 is 0 Å². The molecule has 3 aromatic carbocycles. The predicted octanol–water partition coefficient (Wildman–Crippen LogP) is 5.71. The summed E-state index contributed by atoms with van der Waals surface area (Å²) in [5.74, 6) is 0.212. The van der Waals surface area contributed by atoms with Gasteiger partial charge in [-0.25, -0.2) is 0 Å². The van der Waals surface area contributed by atoms with Crippen molar-refractivity contribution in [3.63, 3.8) is 0 Å². The van der Waals surface area contributed by atoms with Crippen LogP contribution in [0.4, 0.5) is 5.69 Å². The molecule has 0 radical (unpaired) electrons. The molecule has 0 aliphatic carbocycles. The molecule has 1 amide bonds. The fraction of sp³-hybridized carbons (Fsp3) is 0. The Labute approximate surface area is 154 Å². The average Bonchev–Trinajstić information content (AvgIpc) is 3.03. The second kappa shape index (κ2) is 6.58. The Morgan fingerprint density at radius 1 is 0.923 bits per heavy atom. The quantitative estimate of drug-likeness (QED) is 0.490. The van der Waals surface area contributed by atoms with Gasteiger partial charge in [-0.15, -0.1) is 0 Å². The van der Waals surface area contributed by atoms with Gasteiger partial charge in [-0.05, 0) is 48.5 Å². The van der Waals surface area contributed by atoms with Gasteiger partial charge in [0.2, 0.25) is 0 Å². The Hall–Kier alpha value is -3.24. The molecule has 4 aromatic rings. The van der Waals surface area contributed by atoms with E-state index in [-0.39, 0.29) is 11.7 Å². The van der Waals surface area contributed by atoms with Crippen LogP contribution in [0, 0.1) is 0 Å². The topological polar surface area (TPSA) is 62.5 Å². The van der Waals surface area contributed by atoms with Crippen LogP contribution in [0.3, 0.4) is 0 Å². The number of rotatable bonds is 3. The number of hydrogen-bond donors (Lipinski definition) is 2. The lowest BCUT2D eigenvalue weighted by Gasteiger charge is -2.07. The maximum atomic E-state index is 12.6. The molecule has 1 aromatic heterocycles. The van der Waals surface area contributed by atoms with Crippen molar-refractivity contribution in [3.05, 3.63) is 83.4 Å². The third-order valence-electron chi connectivity index (χ3n) is 4.07. The van der Waals surface area contributed by atoms with Gasteiger partial charge in [-0.2, -0.15) is 0 Å². The minimum absolute atomic E-state index is 0.0369. The first-order valence-electron chi connectivity index (χ1n) is 8.00. The maximum Gasteiger partial charge on any atom is 0.255 e. The van der Waals surface area contributed by atoms with Crippen molar-refractivity contribution in [2.45, 2.75) is 0 Å². The van der Waals surface area contributed by atoms with Crippen molar-refractivity contribution in [1.82, 2.24) is 0 Å². The number of amides is 1. The first-order chi connectivity index (χ1) is 12.6. The summed E-state index contributed by atoms with van der Waals surface area (Å²) in [6.07, 6.45) is 0. The van der Waals surface area contributed by atoms with E-state index in [1.807, 2.05) is 6.07 Å². The Bertz CT molecular complexity index is 1090. The van der Waals surface area contributed by atoms with Gasteiger partial charge in [0, 0.05) is 16.1 Å². The SMILES string of the molecule is O=C(Nc1c(-c2ccc(Cl)cc2)oc2cccc(O)c12)c1ccccc1. The van der Waals surface area contributed by atoms with Crippen LogP contribution in [-0.4, -0.2) is 11.0 Å². The van der Waals surface area contributed by atoms with Gasteiger partial charge < -0.3 is 14.8 Å². The van der Waals surface area contributed by atoms with Gasteiger partial charge in [-0.1, -0.05) is 35.9 Å². The summed E-state index contributed by atoms with van der Waals surface area (Å²) in [4.78, 5) is 12.6. The van der Waals surface area contributed by atoms with E-state index in [1.54, 1.807) is 66.7 Å². The van der Waals surface area contributed by atoms with E-state index in [2.05, 4.69) is 5.32 Å². The molecule has 0 spiro atoms. The number of hydrogen-bond acceptors (Lipinski definition) is 3. The highest BCUT2D eigenvalue weighted by molar-refractivity contribution is 6.30. The summed E-state index contributed by atoms with van der Waals surface area (Å²) in [7, 11) is 0. The number of anilines is 1. The number of carbonyl (C=O) groups excluding carboxylic acids is 1. The molecule has 26 heavy (non-hydrogen) atoms. The average molecular weight is 364 g/mol. The number of phenolic OH excluding ortho intramolecular Hbond substituents is 1. The number of fused-ring (bicyclic) bond motifs is 1. The summed E-state index contributed by atoms with van der Waals surface area (Å²) in [5.41, 5.74) is 2.17. The van der Waals surface area contributed by atoms with Crippen LogP contribution in [0.1, 0.15) is 10.4 Å². The zero-order valence-corrected chi connectivity index (χ0v) is 14.3. The van der Waals surface area contributed by atoms with Crippen molar-refractivity contribution in [2.75, 3.05) is 5.32 Å². The summed E-state index contributed by atoms with van der Waals surface area (Å²) in [6.45, 7) is 0. The standard InChI is InChI=1S/C21H14ClNO3/c22-15-11-9-13(10-12-15)20-19(18-16(24)7-4-8-17(18)26-20)23-21(25)14-5-2-1-3-6-14/h1-12,24H,(H,23,25). The van der Waals surface area contributed by atoms with E-state index < -0.39 is 0 Å². The first-order valence-corrected chi connectivity index (χ1v) is 8.38. The van der Waals surface area contributed by atoms with E-state index in [1.165, 1.54) is 0 Å². The number of aromatic hydroxyl groups is 1. The van der Waals surface area contributed by atoms with E-state index in [0.29, 0.717) is 33.0 Å². The second-order valence-electron chi connectivity index (χ2n) is 5.78. The van der Waals surface area contributed by atoms with Gasteiger partial charge in [0.15, 0.2) is 5.76 Å². The maximum absolute atomic E-state index is 12.6. The number of phenols is 1. The fourth-order valence-electron chi connectivity index (χ4n) is 2.83. The third-order valence-corrected chi connectivity index (χ3v) is 4.33. The lowest BCUT2D eigenvalue weighted by atomic mass is 10.1. The highest BCUT2D eigenvalue weighted by Gasteiger charge is 2.21. The molecule has 0 aliphatic heterocycles. The molecular formula is C21H14ClNO3. The van der Waals surface area contributed by atoms with Crippen molar-refractivity contribution in [2.24, 2.45) is 0 Å². The summed E-state index contributed by atoms with van der Waals surface area (Å²) < 4.78 is 5.92. The normalized spacial score (nSPS) is 10.8. The minimum atomic E-state index is -0.285. The molecule has 0 unspecified atom stereocenters. The van der Waals surface area contributed by atoms with Crippen molar-refractivity contribution in [3.8, 4) is 17.1 Å². The van der Waals surface area contributed by atoms with Crippen LogP contribution in [0.15, 0.2) is 77.2 Å². The highest BCUT2D eigenvalue weighted by atomic mass is 35.5. The van der Waals surface area contributed by atoms with Crippen LogP contribution in [-0.2, 0) is 0 Å².